The van der Waals surface area contributed by atoms with Crippen molar-refractivity contribution in [2.75, 3.05) is 12.8 Å². The summed E-state index contributed by atoms with van der Waals surface area (Å²) in [6.07, 6.45) is 4.68. The normalized spacial score (nSPS) is 13.4. The molecule has 64 valence electrons. The zero-order valence-electron chi connectivity index (χ0n) is 7.16. The smallest absolute Gasteiger partial charge is 0.0768 e. The van der Waals surface area contributed by atoms with Gasteiger partial charge in [0.2, 0.25) is 0 Å². The maximum Gasteiger partial charge on any atom is 0.0768 e. The predicted octanol–water partition coefficient (Wildman–Crippen LogP) is 2.89. The molecule has 0 aliphatic heterocycles. The lowest BCUT2D eigenvalue weighted by Crippen LogP contribution is -1.70. The number of hydrogen-bond donors (Lipinski definition) is 0. The van der Waals surface area contributed by atoms with Crippen LogP contribution in [0, 0.1) is 0 Å². The van der Waals surface area contributed by atoms with E-state index in [1.54, 1.807) is 6.66 Å². The fraction of sp³-hybridized carbons (Fsp3) is 0.200. The molecule has 0 fully saturated rings. The van der Waals surface area contributed by atoms with Crippen LogP contribution < -0.4 is 0 Å². The highest BCUT2D eigenvalue weighted by molar-refractivity contribution is 7.43. The van der Waals surface area contributed by atoms with Crippen molar-refractivity contribution < 1.29 is 4.57 Å². The summed E-state index contributed by atoms with van der Waals surface area (Å²) in [4.78, 5) is 0. The molecule has 1 nitrogen and oxygen atoms in total. The monoisotopic (exact) mass is 180 g/mol. The second-order valence-electron chi connectivity index (χ2n) is 2.72. The summed E-state index contributed by atoms with van der Waals surface area (Å²) in [5.41, 5.74) is 1.17. The van der Waals surface area contributed by atoms with Crippen LogP contribution in [0.1, 0.15) is 5.56 Å². The van der Waals surface area contributed by atoms with Crippen LogP contribution in [-0.2, 0) is 4.57 Å². The Balaban J connectivity index is 2.52. The second kappa shape index (κ2) is 4.95. The van der Waals surface area contributed by atoms with Gasteiger partial charge in [-0.1, -0.05) is 42.5 Å². The van der Waals surface area contributed by atoms with E-state index in [4.69, 9.17) is 0 Å². The Bertz CT molecular complexity index is 277. The van der Waals surface area contributed by atoms with Crippen LogP contribution in [0.25, 0.3) is 6.08 Å². The maximum atomic E-state index is 10.8. The Hall–Kier alpha value is -0.810. The predicted molar refractivity (Wildman–Crippen MR) is 55.3 cm³/mol. The van der Waals surface area contributed by atoms with Crippen molar-refractivity contribution in [3.05, 3.63) is 42.0 Å². The lowest BCUT2D eigenvalue weighted by Gasteiger charge is -1.90. The summed E-state index contributed by atoms with van der Waals surface area (Å²) < 4.78 is 10.8. The highest BCUT2D eigenvalue weighted by Gasteiger charge is 1.84. The van der Waals surface area contributed by atoms with E-state index in [1.165, 1.54) is 5.56 Å². The molecule has 0 saturated heterocycles. The van der Waals surface area contributed by atoms with Gasteiger partial charge in [0.1, 0.15) is 0 Å². The van der Waals surface area contributed by atoms with E-state index < -0.39 is 7.80 Å². The van der Waals surface area contributed by atoms with Crippen molar-refractivity contribution in [2.45, 2.75) is 0 Å². The molecular formula is C10H13OP. The van der Waals surface area contributed by atoms with Crippen molar-refractivity contribution in [2.24, 2.45) is 0 Å². The molecule has 1 aromatic carbocycles. The van der Waals surface area contributed by atoms with Crippen molar-refractivity contribution >= 4 is 13.9 Å². The molecule has 1 unspecified atom stereocenters. The molecule has 1 aromatic rings. The molecule has 0 aromatic heterocycles. The van der Waals surface area contributed by atoms with Crippen LogP contribution >= 0.6 is 7.80 Å². The maximum absolute atomic E-state index is 10.8. The van der Waals surface area contributed by atoms with Crippen molar-refractivity contribution in [1.29, 1.82) is 0 Å². The molecule has 0 radical (unpaired) electrons. The standard InChI is InChI=1S/C10H13OP/c1-12(11)9-5-8-10-6-3-2-4-7-10/h2-8,12H,9H2,1H3. The van der Waals surface area contributed by atoms with Crippen molar-refractivity contribution in [1.82, 2.24) is 0 Å². The third-order valence-electron chi connectivity index (χ3n) is 1.52. The van der Waals surface area contributed by atoms with Gasteiger partial charge < -0.3 is 4.57 Å². The molecule has 0 heterocycles. The van der Waals surface area contributed by atoms with Gasteiger partial charge in [0.15, 0.2) is 0 Å². The molecule has 0 aliphatic rings. The van der Waals surface area contributed by atoms with Gasteiger partial charge in [0.05, 0.1) is 7.80 Å². The fourth-order valence-corrected chi connectivity index (χ4v) is 1.37. The summed E-state index contributed by atoms with van der Waals surface area (Å²) >= 11 is 0. The molecule has 1 atom stereocenters. The Kier molecular flexibility index (Phi) is 3.83. The first-order valence-electron chi connectivity index (χ1n) is 4.00. The van der Waals surface area contributed by atoms with Crippen LogP contribution in [0.4, 0.5) is 0 Å². The van der Waals surface area contributed by atoms with Gasteiger partial charge in [0.25, 0.3) is 0 Å². The van der Waals surface area contributed by atoms with Gasteiger partial charge in [-0.2, -0.15) is 0 Å². The Morgan fingerprint density at radius 3 is 2.58 bits per heavy atom. The number of allylic oxidation sites excluding steroid dienone is 1. The highest BCUT2D eigenvalue weighted by atomic mass is 31.1. The zero-order chi connectivity index (χ0) is 8.81. The molecule has 12 heavy (non-hydrogen) atoms. The van der Waals surface area contributed by atoms with Crippen LogP contribution in [-0.4, -0.2) is 12.8 Å². The van der Waals surface area contributed by atoms with Crippen molar-refractivity contribution in [3.63, 3.8) is 0 Å². The molecule has 0 bridgehead atoms. The fourth-order valence-electron chi connectivity index (χ4n) is 0.925. The molecule has 0 saturated carbocycles. The number of benzene rings is 1. The average Bonchev–Trinajstić information content (AvgIpc) is 2.05. The van der Waals surface area contributed by atoms with E-state index in [9.17, 15) is 4.57 Å². The first-order chi connectivity index (χ1) is 5.79. The van der Waals surface area contributed by atoms with Gasteiger partial charge in [-0.15, -0.1) is 0 Å². The third kappa shape index (κ3) is 3.54. The van der Waals surface area contributed by atoms with Gasteiger partial charge in [0, 0.05) is 6.16 Å². The Labute approximate surface area is 73.9 Å². The van der Waals surface area contributed by atoms with Crippen LogP contribution in [0.3, 0.4) is 0 Å². The minimum Gasteiger partial charge on any atom is -0.327 e. The second-order valence-corrected chi connectivity index (χ2v) is 4.53. The van der Waals surface area contributed by atoms with E-state index in [2.05, 4.69) is 0 Å². The van der Waals surface area contributed by atoms with E-state index in [0.29, 0.717) is 6.16 Å². The van der Waals surface area contributed by atoms with Gasteiger partial charge in [-0.25, -0.2) is 0 Å². The lowest BCUT2D eigenvalue weighted by atomic mass is 10.2. The van der Waals surface area contributed by atoms with Gasteiger partial charge in [-0.3, -0.25) is 0 Å². The van der Waals surface area contributed by atoms with E-state index in [-0.39, 0.29) is 0 Å². The SMILES string of the molecule is C[PH](=O)CC=Cc1ccccc1. The van der Waals surface area contributed by atoms with Gasteiger partial charge >= 0.3 is 0 Å². The van der Waals surface area contributed by atoms with E-state index >= 15 is 0 Å². The average molecular weight is 180 g/mol. The molecule has 1 rings (SSSR count). The summed E-state index contributed by atoms with van der Waals surface area (Å²) in [6, 6.07) is 10.0. The molecule has 0 N–H and O–H groups in total. The highest BCUT2D eigenvalue weighted by Crippen LogP contribution is 2.13. The largest absolute Gasteiger partial charge is 0.327 e. The van der Waals surface area contributed by atoms with E-state index in [0.717, 1.165) is 0 Å². The lowest BCUT2D eigenvalue weighted by molar-refractivity contribution is 0.593. The minimum absolute atomic E-state index is 0.708. The first-order valence-corrected chi connectivity index (χ1v) is 6.11. The quantitative estimate of drug-likeness (QED) is 0.653. The summed E-state index contributed by atoms with van der Waals surface area (Å²) in [7, 11) is -1.34. The number of rotatable bonds is 3. The topological polar surface area (TPSA) is 17.1 Å². The Morgan fingerprint density at radius 1 is 1.33 bits per heavy atom. The number of hydrogen-bond acceptors (Lipinski definition) is 1. The van der Waals surface area contributed by atoms with Crippen LogP contribution in [0.15, 0.2) is 36.4 Å². The summed E-state index contributed by atoms with van der Waals surface area (Å²) in [5, 5.41) is 0. The molecule has 2 heteroatoms. The summed E-state index contributed by atoms with van der Waals surface area (Å²) in [5.74, 6) is 0. The summed E-state index contributed by atoms with van der Waals surface area (Å²) in [6.45, 7) is 1.78. The van der Waals surface area contributed by atoms with Gasteiger partial charge in [-0.05, 0) is 12.2 Å². The molecule has 0 aliphatic carbocycles. The molecule has 0 spiro atoms. The molecular weight excluding hydrogens is 167 g/mol. The first kappa shape index (κ1) is 9.28. The zero-order valence-corrected chi connectivity index (χ0v) is 8.16. The Morgan fingerprint density at radius 2 is 2.00 bits per heavy atom. The minimum atomic E-state index is -1.34. The molecule has 0 amide bonds. The third-order valence-corrected chi connectivity index (χ3v) is 2.33. The van der Waals surface area contributed by atoms with Crippen molar-refractivity contribution in [3.8, 4) is 0 Å². The van der Waals surface area contributed by atoms with E-state index in [1.807, 2.05) is 42.5 Å². The van der Waals surface area contributed by atoms with Crippen LogP contribution in [0.5, 0.6) is 0 Å². The van der Waals surface area contributed by atoms with Crippen LogP contribution in [0.2, 0.25) is 0 Å².